The Balaban J connectivity index is 1.80. The maximum Gasteiger partial charge on any atom is 0.407 e. The van der Waals surface area contributed by atoms with Gasteiger partial charge in [-0.3, -0.25) is 4.79 Å². The minimum absolute atomic E-state index is 0.0996. The lowest BCUT2D eigenvalue weighted by Gasteiger charge is -2.30. The monoisotopic (exact) mass is 584 g/mol. The molecule has 1 aliphatic rings. The molecule has 0 heterocycles. The lowest BCUT2D eigenvalue weighted by molar-refractivity contribution is -0.127. The summed E-state index contributed by atoms with van der Waals surface area (Å²) in [7, 11) is 1.62. The molecule has 3 rings (SSSR count). The number of hydrogen-bond donors (Lipinski definition) is 4. The highest BCUT2D eigenvalue weighted by Crippen LogP contribution is 2.27. The summed E-state index contributed by atoms with van der Waals surface area (Å²) in [6.07, 6.45) is 0.0303. The van der Waals surface area contributed by atoms with E-state index in [1.54, 1.807) is 27.9 Å². The van der Waals surface area contributed by atoms with Crippen molar-refractivity contribution in [2.45, 2.75) is 89.7 Å². The van der Waals surface area contributed by atoms with E-state index in [2.05, 4.69) is 10.6 Å². The molecule has 42 heavy (non-hydrogen) atoms. The van der Waals surface area contributed by atoms with Crippen molar-refractivity contribution in [1.29, 1.82) is 0 Å². The van der Waals surface area contributed by atoms with Gasteiger partial charge >= 0.3 is 6.09 Å². The third-order valence-corrected chi connectivity index (χ3v) is 7.58. The van der Waals surface area contributed by atoms with Crippen molar-refractivity contribution in [2.24, 2.45) is 11.8 Å². The van der Waals surface area contributed by atoms with Crippen LogP contribution in [0.4, 0.5) is 4.79 Å². The lowest BCUT2D eigenvalue weighted by atomic mass is 9.88. The van der Waals surface area contributed by atoms with Gasteiger partial charge in [-0.05, 0) is 82.1 Å². The van der Waals surface area contributed by atoms with E-state index in [4.69, 9.17) is 14.2 Å². The molecule has 1 aliphatic carbocycles. The predicted octanol–water partition coefficient (Wildman–Crippen LogP) is 4.03. The van der Waals surface area contributed by atoms with Crippen LogP contribution >= 0.6 is 0 Å². The minimum Gasteiger partial charge on any atom is -0.491 e. The Morgan fingerprint density at radius 1 is 0.976 bits per heavy atom. The maximum absolute atomic E-state index is 13.7. The van der Waals surface area contributed by atoms with Crippen molar-refractivity contribution in [3.63, 3.8) is 0 Å². The van der Waals surface area contributed by atoms with Crippen molar-refractivity contribution in [1.82, 2.24) is 10.6 Å². The van der Waals surface area contributed by atoms with E-state index >= 15 is 0 Å². The van der Waals surface area contributed by atoms with Gasteiger partial charge in [0.15, 0.2) is 0 Å². The molecule has 0 aliphatic heterocycles. The van der Waals surface area contributed by atoms with Crippen molar-refractivity contribution >= 4 is 12.0 Å². The van der Waals surface area contributed by atoms with Crippen LogP contribution in [0.15, 0.2) is 54.6 Å². The van der Waals surface area contributed by atoms with Crippen LogP contribution in [0.1, 0.15) is 58.1 Å². The maximum atomic E-state index is 13.7. The summed E-state index contributed by atoms with van der Waals surface area (Å²) in [4.78, 5) is 26.4. The molecule has 1 saturated carbocycles. The number of ether oxygens (including phenoxy) is 3. The summed E-state index contributed by atoms with van der Waals surface area (Å²) in [5.41, 5.74) is 1.14. The van der Waals surface area contributed by atoms with E-state index in [9.17, 15) is 19.8 Å². The third kappa shape index (κ3) is 10.9. The van der Waals surface area contributed by atoms with E-state index in [0.29, 0.717) is 38.2 Å². The Labute approximate surface area is 249 Å². The summed E-state index contributed by atoms with van der Waals surface area (Å²) in [5, 5.41) is 27.9. The number of aliphatic hydroxyl groups is 2. The second kappa shape index (κ2) is 15.9. The van der Waals surface area contributed by atoms with Gasteiger partial charge in [0.2, 0.25) is 5.91 Å². The molecule has 0 radical (unpaired) electrons. The topological polar surface area (TPSA) is 126 Å². The van der Waals surface area contributed by atoms with E-state index < -0.39 is 35.9 Å². The SMILES string of the molecule is COCCOc1ccc(C[C@H](C[C@H](O)[C@H](Cc2ccccc2)NC(=O)OC(C)(C)C)C(=O)NC2C(C)CCC2O)cc1. The molecule has 0 spiro atoms. The molecule has 3 unspecified atom stereocenters. The molecule has 0 aromatic heterocycles. The highest BCUT2D eigenvalue weighted by Gasteiger charge is 2.36. The van der Waals surface area contributed by atoms with Gasteiger partial charge in [-0.25, -0.2) is 4.79 Å². The van der Waals surface area contributed by atoms with E-state index in [1.165, 1.54) is 0 Å². The highest BCUT2D eigenvalue weighted by molar-refractivity contribution is 5.79. The van der Waals surface area contributed by atoms with Crippen LogP contribution in [0.25, 0.3) is 0 Å². The number of alkyl carbamates (subject to hydrolysis) is 1. The first-order valence-corrected chi connectivity index (χ1v) is 14.9. The Bertz CT molecular complexity index is 1090. The average molecular weight is 585 g/mol. The molecule has 6 atom stereocenters. The first-order chi connectivity index (χ1) is 19.9. The van der Waals surface area contributed by atoms with Gasteiger partial charge in [0.25, 0.3) is 0 Å². The lowest BCUT2D eigenvalue weighted by Crippen LogP contribution is -2.50. The van der Waals surface area contributed by atoms with Crippen LogP contribution in [0.3, 0.4) is 0 Å². The van der Waals surface area contributed by atoms with Gasteiger partial charge in [-0.2, -0.15) is 0 Å². The number of carbonyl (C=O) groups is 2. The zero-order valence-corrected chi connectivity index (χ0v) is 25.5. The third-order valence-electron chi connectivity index (χ3n) is 7.58. The first-order valence-electron chi connectivity index (χ1n) is 14.9. The molecule has 2 aromatic rings. The number of methoxy groups -OCH3 is 1. The number of amides is 2. The number of benzene rings is 2. The summed E-state index contributed by atoms with van der Waals surface area (Å²) in [6.45, 7) is 8.27. The standard InChI is InChI=1S/C33H48N2O7/c1-22-11-16-28(36)30(22)35-31(38)25(19-24-12-14-26(15-13-24)41-18-17-40-5)21-29(37)27(20-23-9-7-6-8-10-23)34-32(39)42-33(2,3)4/h6-10,12-15,22,25,27-30,36-37H,11,16-21H2,1-5H3,(H,34,39)(H,35,38)/t22?,25-,27+,28?,29+,30?/m1/s1. The molecule has 2 aromatic carbocycles. The smallest absolute Gasteiger partial charge is 0.407 e. The Morgan fingerprint density at radius 3 is 2.24 bits per heavy atom. The molecule has 232 valence electrons. The second-order valence-corrected chi connectivity index (χ2v) is 12.3. The summed E-state index contributed by atoms with van der Waals surface area (Å²) < 4.78 is 16.2. The number of aliphatic hydroxyl groups excluding tert-OH is 2. The molecule has 0 saturated heterocycles. The van der Waals surface area contributed by atoms with Crippen LogP contribution in [-0.2, 0) is 27.1 Å². The average Bonchev–Trinajstić information content (AvgIpc) is 3.25. The molecule has 4 N–H and O–H groups in total. The van der Waals surface area contributed by atoms with Crippen LogP contribution in [0, 0.1) is 11.8 Å². The van der Waals surface area contributed by atoms with Crippen molar-refractivity contribution in [2.75, 3.05) is 20.3 Å². The van der Waals surface area contributed by atoms with Crippen molar-refractivity contribution < 1.29 is 34.0 Å². The fourth-order valence-corrected chi connectivity index (χ4v) is 5.29. The molecule has 9 nitrogen and oxygen atoms in total. The van der Waals surface area contributed by atoms with E-state index in [1.807, 2.05) is 61.5 Å². The largest absolute Gasteiger partial charge is 0.491 e. The Hall–Kier alpha value is -3.14. The second-order valence-electron chi connectivity index (χ2n) is 12.3. The van der Waals surface area contributed by atoms with Crippen molar-refractivity contribution in [3.8, 4) is 5.75 Å². The van der Waals surface area contributed by atoms with Gasteiger partial charge in [0, 0.05) is 13.0 Å². The molecule has 9 heteroatoms. The molecule has 0 bridgehead atoms. The molecule has 2 amide bonds. The quantitative estimate of drug-likeness (QED) is 0.247. The number of rotatable bonds is 14. The van der Waals surface area contributed by atoms with Crippen LogP contribution in [0.5, 0.6) is 5.75 Å². The summed E-state index contributed by atoms with van der Waals surface area (Å²) >= 11 is 0. The van der Waals surface area contributed by atoms with Gasteiger partial charge in [-0.15, -0.1) is 0 Å². The zero-order chi connectivity index (χ0) is 30.7. The zero-order valence-electron chi connectivity index (χ0n) is 25.5. The minimum atomic E-state index is -1.05. The van der Waals surface area contributed by atoms with Gasteiger partial charge in [0.1, 0.15) is 18.0 Å². The van der Waals surface area contributed by atoms with Crippen molar-refractivity contribution in [3.05, 3.63) is 65.7 Å². The summed E-state index contributed by atoms with van der Waals surface area (Å²) in [5.74, 6) is 0.00362. The van der Waals surface area contributed by atoms with Crippen LogP contribution in [-0.4, -0.2) is 72.4 Å². The summed E-state index contributed by atoms with van der Waals surface area (Å²) in [6, 6.07) is 16.0. The van der Waals surface area contributed by atoms with E-state index in [0.717, 1.165) is 17.5 Å². The highest BCUT2D eigenvalue weighted by atomic mass is 16.6. The normalized spacial score (nSPS) is 20.8. The molecule has 1 fully saturated rings. The van der Waals surface area contributed by atoms with Gasteiger partial charge in [-0.1, -0.05) is 49.4 Å². The number of nitrogens with one attached hydrogen (secondary N) is 2. The number of carbonyl (C=O) groups excluding carboxylic acids is 2. The fourth-order valence-electron chi connectivity index (χ4n) is 5.29. The Kier molecular flexibility index (Phi) is 12.6. The van der Waals surface area contributed by atoms with Gasteiger partial charge < -0.3 is 35.1 Å². The number of hydrogen-bond acceptors (Lipinski definition) is 7. The van der Waals surface area contributed by atoms with Crippen LogP contribution < -0.4 is 15.4 Å². The van der Waals surface area contributed by atoms with Gasteiger partial charge in [0.05, 0.1) is 30.9 Å². The first kappa shape index (κ1) is 33.4. The van der Waals surface area contributed by atoms with E-state index in [-0.39, 0.29) is 24.3 Å². The Morgan fingerprint density at radius 2 is 1.64 bits per heavy atom. The predicted molar refractivity (Wildman–Crippen MR) is 161 cm³/mol. The molecular weight excluding hydrogens is 536 g/mol. The molecular formula is C33H48N2O7. The van der Waals surface area contributed by atoms with Crippen LogP contribution in [0.2, 0.25) is 0 Å². The fraction of sp³-hybridized carbons (Fsp3) is 0.576.